The summed E-state index contributed by atoms with van der Waals surface area (Å²) in [7, 11) is 0. The maximum atomic E-state index is 3.74. The zero-order chi connectivity index (χ0) is 11.6. The van der Waals surface area contributed by atoms with Crippen LogP contribution in [0.15, 0.2) is 0 Å². The molecule has 0 heterocycles. The van der Waals surface area contributed by atoms with Crippen molar-refractivity contribution in [2.24, 2.45) is 17.3 Å². The third-order valence-corrected chi connectivity index (χ3v) is 4.87. The summed E-state index contributed by atoms with van der Waals surface area (Å²) in [5.74, 6) is 1.94. The zero-order valence-corrected chi connectivity index (χ0v) is 11.4. The Hall–Kier alpha value is -0.0400. The van der Waals surface area contributed by atoms with E-state index in [1.54, 1.807) is 0 Å². The van der Waals surface area contributed by atoms with Crippen molar-refractivity contribution in [2.75, 3.05) is 6.54 Å². The van der Waals surface area contributed by atoms with Gasteiger partial charge in [0.05, 0.1) is 0 Å². The summed E-state index contributed by atoms with van der Waals surface area (Å²) in [6.07, 6.45) is 10.1. The highest BCUT2D eigenvalue weighted by molar-refractivity contribution is 4.83. The molecule has 94 valence electrons. The normalized spacial score (nSPS) is 32.4. The monoisotopic (exact) mass is 223 g/mol. The summed E-state index contributed by atoms with van der Waals surface area (Å²) in [6.45, 7) is 8.52. The standard InChI is InChI=1S/C15H29N/c1-15(2,3)13-9-7-12(8-10-13)11-16-14-5-4-6-14/h12-14,16H,4-11H2,1-3H3. The van der Waals surface area contributed by atoms with Gasteiger partial charge in [0.15, 0.2) is 0 Å². The summed E-state index contributed by atoms with van der Waals surface area (Å²) in [6, 6.07) is 0.875. The average molecular weight is 223 g/mol. The summed E-state index contributed by atoms with van der Waals surface area (Å²) < 4.78 is 0. The lowest BCUT2D eigenvalue weighted by Crippen LogP contribution is -2.39. The van der Waals surface area contributed by atoms with Gasteiger partial charge in [-0.05, 0) is 62.3 Å². The topological polar surface area (TPSA) is 12.0 Å². The number of hydrogen-bond donors (Lipinski definition) is 1. The van der Waals surface area contributed by atoms with Gasteiger partial charge in [-0.25, -0.2) is 0 Å². The van der Waals surface area contributed by atoms with Crippen LogP contribution in [0.1, 0.15) is 65.7 Å². The van der Waals surface area contributed by atoms with Crippen LogP contribution in [0.2, 0.25) is 0 Å². The van der Waals surface area contributed by atoms with Crippen molar-refractivity contribution < 1.29 is 0 Å². The van der Waals surface area contributed by atoms with Crippen LogP contribution < -0.4 is 5.32 Å². The van der Waals surface area contributed by atoms with Crippen LogP contribution in [0.5, 0.6) is 0 Å². The molecule has 1 N–H and O–H groups in total. The number of hydrogen-bond acceptors (Lipinski definition) is 1. The molecule has 0 unspecified atom stereocenters. The maximum Gasteiger partial charge on any atom is 0.00671 e. The van der Waals surface area contributed by atoms with Crippen LogP contribution in [0.25, 0.3) is 0 Å². The van der Waals surface area contributed by atoms with Crippen molar-refractivity contribution in [1.29, 1.82) is 0 Å². The SMILES string of the molecule is CC(C)(C)C1CCC(CNC2CCC2)CC1. The minimum Gasteiger partial charge on any atom is -0.314 e. The van der Waals surface area contributed by atoms with E-state index in [1.165, 1.54) is 51.5 Å². The van der Waals surface area contributed by atoms with Gasteiger partial charge in [0.1, 0.15) is 0 Å². The molecule has 0 spiro atoms. The zero-order valence-electron chi connectivity index (χ0n) is 11.4. The molecule has 0 aromatic rings. The Labute approximate surface area is 101 Å². The second-order valence-corrected chi connectivity index (χ2v) is 7.12. The molecule has 0 radical (unpaired) electrons. The molecular weight excluding hydrogens is 194 g/mol. The lowest BCUT2D eigenvalue weighted by atomic mass is 9.70. The first-order chi connectivity index (χ1) is 7.55. The van der Waals surface area contributed by atoms with Gasteiger partial charge >= 0.3 is 0 Å². The quantitative estimate of drug-likeness (QED) is 0.763. The lowest BCUT2D eigenvalue weighted by Gasteiger charge is -2.38. The molecule has 16 heavy (non-hydrogen) atoms. The smallest absolute Gasteiger partial charge is 0.00671 e. The molecule has 0 amide bonds. The molecule has 0 aromatic carbocycles. The number of rotatable bonds is 3. The minimum absolute atomic E-state index is 0.534. The Morgan fingerprint density at radius 2 is 1.56 bits per heavy atom. The van der Waals surface area contributed by atoms with E-state index in [1.807, 2.05) is 0 Å². The van der Waals surface area contributed by atoms with E-state index < -0.39 is 0 Å². The Morgan fingerprint density at radius 3 is 2.00 bits per heavy atom. The van der Waals surface area contributed by atoms with Crippen molar-refractivity contribution in [3.63, 3.8) is 0 Å². The van der Waals surface area contributed by atoms with Crippen molar-refractivity contribution >= 4 is 0 Å². The molecule has 2 aliphatic carbocycles. The van der Waals surface area contributed by atoms with Gasteiger partial charge < -0.3 is 5.32 Å². The predicted octanol–water partition coefficient (Wildman–Crippen LogP) is 3.98. The van der Waals surface area contributed by atoms with E-state index in [2.05, 4.69) is 26.1 Å². The molecule has 2 saturated carbocycles. The highest BCUT2D eigenvalue weighted by atomic mass is 14.9. The van der Waals surface area contributed by atoms with Crippen LogP contribution in [-0.2, 0) is 0 Å². The largest absolute Gasteiger partial charge is 0.314 e. The highest BCUT2D eigenvalue weighted by Crippen LogP contribution is 2.39. The maximum absolute atomic E-state index is 3.74. The summed E-state index contributed by atoms with van der Waals surface area (Å²) in [5, 5.41) is 3.74. The van der Waals surface area contributed by atoms with Crippen molar-refractivity contribution in [1.82, 2.24) is 5.32 Å². The Bertz CT molecular complexity index is 204. The van der Waals surface area contributed by atoms with Gasteiger partial charge in [-0.1, -0.05) is 27.2 Å². The first-order valence-corrected chi connectivity index (χ1v) is 7.29. The second kappa shape index (κ2) is 5.08. The van der Waals surface area contributed by atoms with Crippen molar-refractivity contribution in [3.8, 4) is 0 Å². The fraction of sp³-hybridized carbons (Fsp3) is 1.00. The fourth-order valence-electron chi connectivity index (χ4n) is 3.18. The molecule has 1 nitrogen and oxygen atoms in total. The highest BCUT2D eigenvalue weighted by Gasteiger charge is 2.29. The van der Waals surface area contributed by atoms with Gasteiger partial charge in [0.25, 0.3) is 0 Å². The molecule has 0 aliphatic heterocycles. The molecule has 2 rings (SSSR count). The minimum atomic E-state index is 0.534. The van der Waals surface area contributed by atoms with Gasteiger partial charge in [-0.3, -0.25) is 0 Å². The van der Waals surface area contributed by atoms with Crippen LogP contribution in [-0.4, -0.2) is 12.6 Å². The van der Waals surface area contributed by atoms with Crippen LogP contribution in [0.4, 0.5) is 0 Å². The molecule has 0 bridgehead atoms. The Balaban J connectivity index is 1.64. The van der Waals surface area contributed by atoms with Gasteiger partial charge in [-0.2, -0.15) is 0 Å². The summed E-state index contributed by atoms with van der Waals surface area (Å²) >= 11 is 0. The van der Waals surface area contributed by atoms with E-state index in [9.17, 15) is 0 Å². The Kier molecular flexibility index (Phi) is 3.94. The van der Waals surface area contributed by atoms with Crippen LogP contribution in [0.3, 0.4) is 0 Å². The van der Waals surface area contributed by atoms with E-state index in [0.717, 1.165) is 17.9 Å². The van der Waals surface area contributed by atoms with E-state index in [4.69, 9.17) is 0 Å². The van der Waals surface area contributed by atoms with Gasteiger partial charge in [-0.15, -0.1) is 0 Å². The molecule has 0 aromatic heterocycles. The first-order valence-electron chi connectivity index (χ1n) is 7.29. The van der Waals surface area contributed by atoms with E-state index >= 15 is 0 Å². The third kappa shape index (κ3) is 3.23. The average Bonchev–Trinajstić information content (AvgIpc) is 2.15. The van der Waals surface area contributed by atoms with Gasteiger partial charge in [0.2, 0.25) is 0 Å². The Morgan fingerprint density at radius 1 is 0.938 bits per heavy atom. The number of nitrogens with one attached hydrogen (secondary N) is 1. The van der Waals surface area contributed by atoms with Crippen LogP contribution in [0, 0.1) is 17.3 Å². The van der Waals surface area contributed by atoms with E-state index in [-0.39, 0.29) is 0 Å². The third-order valence-electron chi connectivity index (χ3n) is 4.87. The molecule has 0 saturated heterocycles. The second-order valence-electron chi connectivity index (χ2n) is 7.12. The first kappa shape index (κ1) is 12.4. The predicted molar refractivity (Wildman–Crippen MR) is 70.5 cm³/mol. The van der Waals surface area contributed by atoms with E-state index in [0.29, 0.717) is 5.41 Å². The molecule has 2 aliphatic rings. The summed E-state index contributed by atoms with van der Waals surface area (Å²) in [5.41, 5.74) is 0.534. The van der Waals surface area contributed by atoms with Crippen molar-refractivity contribution in [3.05, 3.63) is 0 Å². The van der Waals surface area contributed by atoms with Crippen molar-refractivity contribution in [2.45, 2.75) is 71.8 Å². The van der Waals surface area contributed by atoms with Crippen LogP contribution >= 0.6 is 0 Å². The molecular formula is C15H29N. The molecule has 0 atom stereocenters. The van der Waals surface area contributed by atoms with Gasteiger partial charge in [0, 0.05) is 6.04 Å². The fourth-order valence-corrected chi connectivity index (χ4v) is 3.18. The molecule has 1 heteroatoms. The molecule has 2 fully saturated rings. The lowest BCUT2D eigenvalue weighted by molar-refractivity contribution is 0.145. The summed E-state index contributed by atoms with van der Waals surface area (Å²) in [4.78, 5) is 0.